The van der Waals surface area contributed by atoms with Gasteiger partial charge in [0.05, 0.1) is 6.33 Å². The zero-order valence-corrected chi connectivity index (χ0v) is 13.2. The molecule has 126 valence electrons. The molecule has 2 heterocycles. The van der Waals surface area contributed by atoms with Crippen molar-refractivity contribution in [3.63, 3.8) is 0 Å². The van der Waals surface area contributed by atoms with Crippen LogP contribution >= 0.6 is 0 Å². The van der Waals surface area contributed by atoms with Gasteiger partial charge in [-0.25, -0.2) is 4.98 Å². The Morgan fingerprint density at radius 2 is 2.17 bits per heavy atom. The minimum absolute atomic E-state index is 0.124. The highest BCUT2D eigenvalue weighted by atomic mass is 16.7. The van der Waals surface area contributed by atoms with Crippen molar-refractivity contribution in [1.82, 2.24) is 14.9 Å². The predicted molar refractivity (Wildman–Crippen MR) is 84.3 cm³/mol. The van der Waals surface area contributed by atoms with Gasteiger partial charge in [0.15, 0.2) is 18.1 Å². The van der Waals surface area contributed by atoms with E-state index in [2.05, 4.69) is 10.3 Å². The summed E-state index contributed by atoms with van der Waals surface area (Å²) in [6, 6.07) is 6.56. The molecule has 8 heteroatoms. The fourth-order valence-electron chi connectivity index (χ4n) is 2.17. The Morgan fingerprint density at radius 1 is 1.33 bits per heavy atom. The average molecular weight is 331 g/mol. The summed E-state index contributed by atoms with van der Waals surface area (Å²) in [6.45, 7) is 2.48. The van der Waals surface area contributed by atoms with Crippen molar-refractivity contribution in [2.75, 3.05) is 19.9 Å². The second-order valence-corrected chi connectivity index (χ2v) is 5.22. The van der Waals surface area contributed by atoms with Crippen LogP contribution in [-0.2, 0) is 11.3 Å². The van der Waals surface area contributed by atoms with Crippen LogP contribution in [0.4, 0.5) is 0 Å². The Balaban J connectivity index is 1.43. The molecule has 24 heavy (non-hydrogen) atoms. The summed E-state index contributed by atoms with van der Waals surface area (Å²) in [4.78, 5) is 27.5. The lowest BCUT2D eigenvalue weighted by Gasteiger charge is -2.09. The number of rotatable bonds is 6. The van der Waals surface area contributed by atoms with Gasteiger partial charge in [-0.2, -0.15) is 0 Å². The number of carbonyl (C=O) groups is 1. The van der Waals surface area contributed by atoms with Gasteiger partial charge in [0.25, 0.3) is 11.5 Å². The minimum atomic E-state index is -0.277. The van der Waals surface area contributed by atoms with E-state index in [1.807, 2.05) is 0 Å². The van der Waals surface area contributed by atoms with Gasteiger partial charge in [0.2, 0.25) is 6.79 Å². The van der Waals surface area contributed by atoms with Crippen molar-refractivity contribution in [3.8, 4) is 17.2 Å². The first-order valence-corrected chi connectivity index (χ1v) is 7.44. The van der Waals surface area contributed by atoms with Crippen LogP contribution in [0.2, 0.25) is 0 Å². The Hall–Kier alpha value is -3.03. The van der Waals surface area contributed by atoms with E-state index in [4.69, 9.17) is 14.2 Å². The maximum absolute atomic E-state index is 11.8. The molecule has 2 aromatic rings. The van der Waals surface area contributed by atoms with E-state index < -0.39 is 0 Å². The van der Waals surface area contributed by atoms with E-state index in [0.717, 1.165) is 0 Å². The molecule has 0 saturated heterocycles. The molecule has 0 unspecified atom stereocenters. The van der Waals surface area contributed by atoms with Crippen LogP contribution in [0.5, 0.6) is 17.2 Å². The maximum Gasteiger partial charge on any atom is 0.258 e. The third-order valence-corrected chi connectivity index (χ3v) is 3.41. The standard InChI is InChI=1S/C16H17N3O5/c1-11-6-16(21)19(9-18-11)5-4-17-15(20)8-22-12-2-3-13-14(7-12)24-10-23-13/h2-3,6-7,9H,4-5,8,10H2,1H3,(H,17,20). The largest absolute Gasteiger partial charge is 0.484 e. The van der Waals surface area contributed by atoms with Crippen molar-refractivity contribution in [2.45, 2.75) is 13.5 Å². The van der Waals surface area contributed by atoms with Crippen LogP contribution in [0.25, 0.3) is 0 Å². The first-order chi connectivity index (χ1) is 11.6. The highest BCUT2D eigenvalue weighted by Gasteiger charge is 2.14. The van der Waals surface area contributed by atoms with E-state index >= 15 is 0 Å². The molecule has 0 atom stereocenters. The molecule has 8 nitrogen and oxygen atoms in total. The highest BCUT2D eigenvalue weighted by Crippen LogP contribution is 2.34. The Morgan fingerprint density at radius 3 is 3.00 bits per heavy atom. The molecule has 0 aliphatic carbocycles. The summed E-state index contributed by atoms with van der Waals surface area (Å²) in [5, 5.41) is 2.69. The van der Waals surface area contributed by atoms with E-state index in [1.54, 1.807) is 25.1 Å². The third kappa shape index (κ3) is 3.83. The molecule has 1 amide bonds. The fourth-order valence-corrected chi connectivity index (χ4v) is 2.17. The van der Waals surface area contributed by atoms with Crippen LogP contribution in [0.3, 0.4) is 0 Å². The van der Waals surface area contributed by atoms with Crippen LogP contribution in [0.1, 0.15) is 5.69 Å². The summed E-state index contributed by atoms with van der Waals surface area (Å²) in [5.41, 5.74) is 0.519. The van der Waals surface area contributed by atoms with E-state index in [1.165, 1.54) is 17.0 Å². The third-order valence-electron chi connectivity index (χ3n) is 3.41. The van der Waals surface area contributed by atoms with E-state index in [-0.39, 0.29) is 24.9 Å². The van der Waals surface area contributed by atoms with Gasteiger partial charge in [-0.3, -0.25) is 14.2 Å². The molecule has 1 aliphatic rings. The zero-order valence-electron chi connectivity index (χ0n) is 13.2. The summed E-state index contributed by atoms with van der Waals surface area (Å²) in [6.07, 6.45) is 1.47. The molecule has 3 rings (SSSR count). The normalized spacial score (nSPS) is 12.0. The van der Waals surface area contributed by atoms with Gasteiger partial charge in [-0.1, -0.05) is 0 Å². The number of carbonyl (C=O) groups excluding carboxylic acids is 1. The Bertz CT molecular complexity index is 803. The lowest BCUT2D eigenvalue weighted by atomic mass is 10.3. The number of hydrogen-bond acceptors (Lipinski definition) is 6. The number of fused-ring (bicyclic) bond motifs is 1. The Labute approximate surface area is 138 Å². The topological polar surface area (TPSA) is 91.7 Å². The van der Waals surface area contributed by atoms with Crippen molar-refractivity contribution in [2.24, 2.45) is 0 Å². The monoisotopic (exact) mass is 331 g/mol. The number of nitrogens with zero attached hydrogens (tertiary/aromatic N) is 2. The average Bonchev–Trinajstić information content (AvgIpc) is 3.02. The number of amides is 1. The first-order valence-electron chi connectivity index (χ1n) is 7.44. The smallest absolute Gasteiger partial charge is 0.258 e. The lowest BCUT2D eigenvalue weighted by Crippen LogP contribution is -2.33. The second-order valence-electron chi connectivity index (χ2n) is 5.22. The van der Waals surface area contributed by atoms with Gasteiger partial charge in [0, 0.05) is 30.9 Å². The molecule has 0 radical (unpaired) electrons. The number of nitrogens with one attached hydrogen (secondary N) is 1. The molecule has 0 bridgehead atoms. The van der Waals surface area contributed by atoms with Crippen LogP contribution in [0.15, 0.2) is 35.4 Å². The number of benzene rings is 1. The van der Waals surface area contributed by atoms with Crippen molar-refractivity contribution in [3.05, 3.63) is 46.6 Å². The fraction of sp³-hybridized carbons (Fsp3) is 0.312. The van der Waals surface area contributed by atoms with Gasteiger partial charge in [-0.05, 0) is 19.1 Å². The predicted octanol–water partition coefficient (Wildman–Crippen LogP) is 0.476. The van der Waals surface area contributed by atoms with Gasteiger partial charge in [-0.15, -0.1) is 0 Å². The molecular formula is C16H17N3O5. The lowest BCUT2D eigenvalue weighted by molar-refractivity contribution is -0.123. The van der Waals surface area contributed by atoms with E-state index in [9.17, 15) is 9.59 Å². The quantitative estimate of drug-likeness (QED) is 0.828. The number of hydrogen-bond donors (Lipinski definition) is 1. The van der Waals surface area contributed by atoms with Crippen LogP contribution in [-0.4, -0.2) is 35.4 Å². The molecule has 1 aliphatic heterocycles. The highest BCUT2D eigenvalue weighted by molar-refractivity contribution is 5.77. The van der Waals surface area contributed by atoms with Gasteiger partial charge in [0.1, 0.15) is 5.75 Å². The molecular weight excluding hydrogens is 314 g/mol. The van der Waals surface area contributed by atoms with Gasteiger partial charge < -0.3 is 19.5 Å². The van der Waals surface area contributed by atoms with Crippen LogP contribution in [0, 0.1) is 6.92 Å². The molecule has 1 aromatic heterocycles. The number of aromatic nitrogens is 2. The summed E-state index contributed by atoms with van der Waals surface area (Å²) in [7, 11) is 0. The van der Waals surface area contributed by atoms with Gasteiger partial charge >= 0.3 is 0 Å². The molecule has 1 aromatic carbocycles. The first kappa shape index (κ1) is 15.9. The summed E-state index contributed by atoms with van der Waals surface area (Å²) < 4.78 is 17.3. The molecule has 0 fully saturated rings. The number of aryl methyl sites for hydroxylation is 1. The summed E-state index contributed by atoms with van der Waals surface area (Å²) in [5.74, 6) is 1.50. The number of ether oxygens (including phenoxy) is 3. The SMILES string of the molecule is Cc1cc(=O)n(CCNC(=O)COc2ccc3c(c2)OCO3)cn1. The van der Waals surface area contributed by atoms with Crippen LogP contribution < -0.4 is 25.1 Å². The summed E-state index contributed by atoms with van der Waals surface area (Å²) >= 11 is 0. The molecule has 0 saturated carbocycles. The van der Waals surface area contributed by atoms with Crippen molar-refractivity contribution in [1.29, 1.82) is 0 Å². The molecule has 0 spiro atoms. The van der Waals surface area contributed by atoms with E-state index in [0.29, 0.717) is 36.0 Å². The minimum Gasteiger partial charge on any atom is -0.484 e. The van der Waals surface area contributed by atoms with Crippen molar-refractivity contribution < 1.29 is 19.0 Å². The zero-order chi connectivity index (χ0) is 16.9. The molecule has 1 N–H and O–H groups in total. The second kappa shape index (κ2) is 7.03. The van der Waals surface area contributed by atoms with Crippen molar-refractivity contribution >= 4 is 5.91 Å². The Kier molecular flexibility index (Phi) is 4.64. The maximum atomic E-state index is 11.8.